The number of nitrogens with zero attached hydrogens (tertiary/aromatic N) is 2. The first-order valence-corrected chi connectivity index (χ1v) is 6.26. The van der Waals surface area contributed by atoms with Crippen LogP contribution in [0.15, 0.2) is 0 Å². The number of alkyl halides is 6. The smallest absolute Gasteiger partial charge is 0.316 e. The summed E-state index contributed by atoms with van der Waals surface area (Å²) in [6.45, 7) is 1.52. The van der Waals surface area contributed by atoms with Crippen molar-refractivity contribution >= 4 is 11.6 Å². The van der Waals surface area contributed by atoms with Crippen LogP contribution in [0.2, 0.25) is 5.02 Å². The largest absolute Gasteiger partial charge is 0.402 e. The molecule has 0 aliphatic rings. The summed E-state index contributed by atoms with van der Waals surface area (Å²) in [6.07, 6.45) is -11.4. The van der Waals surface area contributed by atoms with Crippen molar-refractivity contribution in [1.29, 1.82) is 0 Å². The van der Waals surface area contributed by atoms with E-state index in [4.69, 9.17) is 11.6 Å². The number of aromatic nitrogens is 2. The average molecular weight is 338 g/mol. The zero-order valence-corrected chi connectivity index (χ0v) is 12.2. The van der Waals surface area contributed by atoms with Crippen LogP contribution in [-0.4, -0.2) is 35.2 Å². The van der Waals surface area contributed by atoms with Gasteiger partial charge in [-0.2, -0.15) is 31.4 Å². The van der Waals surface area contributed by atoms with Crippen molar-refractivity contribution in [2.24, 2.45) is 13.0 Å². The quantitative estimate of drug-likeness (QED) is 0.855. The van der Waals surface area contributed by atoms with Crippen molar-refractivity contribution in [2.45, 2.75) is 31.7 Å². The van der Waals surface area contributed by atoms with Crippen molar-refractivity contribution in [1.82, 2.24) is 15.1 Å². The number of hydrogen-bond acceptors (Lipinski definition) is 2. The highest BCUT2D eigenvalue weighted by Gasteiger charge is 2.60. The Morgan fingerprint density at radius 3 is 1.95 bits per heavy atom. The molecular weight excluding hydrogens is 324 g/mol. The molecule has 3 nitrogen and oxygen atoms in total. The van der Waals surface area contributed by atoms with Gasteiger partial charge in [0.2, 0.25) is 0 Å². The number of hydrogen-bond donors (Lipinski definition) is 1. The van der Waals surface area contributed by atoms with Gasteiger partial charge in [0, 0.05) is 19.5 Å². The van der Waals surface area contributed by atoms with E-state index in [1.807, 2.05) is 0 Å². The Morgan fingerprint density at radius 2 is 1.67 bits per heavy atom. The van der Waals surface area contributed by atoms with Crippen molar-refractivity contribution in [3.63, 3.8) is 0 Å². The molecule has 1 aromatic heterocycles. The van der Waals surface area contributed by atoms with Gasteiger partial charge in [0.1, 0.15) is 0 Å². The standard InChI is InChI=1S/C11H14ClF6N3/c1-5-8(12)7(21(3)20-5)4-6(19-2)9(10(13,14)15)11(16,17)18/h6,9,19H,4H2,1-3H3. The maximum Gasteiger partial charge on any atom is 0.402 e. The lowest BCUT2D eigenvalue weighted by atomic mass is 9.94. The van der Waals surface area contributed by atoms with E-state index in [1.54, 1.807) is 0 Å². The van der Waals surface area contributed by atoms with Gasteiger partial charge < -0.3 is 5.32 Å². The second kappa shape index (κ2) is 6.04. The van der Waals surface area contributed by atoms with E-state index >= 15 is 0 Å². The summed E-state index contributed by atoms with van der Waals surface area (Å²) in [5.41, 5.74) is 0.464. The van der Waals surface area contributed by atoms with E-state index < -0.39 is 30.7 Å². The van der Waals surface area contributed by atoms with Gasteiger partial charge in [0.25, 0.3) is 0 Å². The molecule has 1 aromatic rings. The van der Waals surface area contributed by atoms with E-state index in [1.165, 1.54) is 18.7 Å². The monoisotopic (exact) mass is 337 g/mol. The van der Waals surface area contributed by atoms with Crippen LogP contribution in [0.1, 0.15) is 11.4 Å². The van der Waals surface area contributed by atoms with Crippen LogP contribution in [0.4, 0.5) is 26.3 Å². The Morgan fingerprint density at radius 1 is 1.19 bits per heavy atom. The lowest BCUT2D eigenvalue weighted by Crippen LogP contribution is -2.51. The third-order valence-corrected chi connectivity index (χ3v) is 3.64. The summed E-state index contributed by atoms with van der Waals surface area (Å²) >= 11 is 5.87. The Balaban J connectivity index is 3.16. The highest BCUT2D eigenvalue weighted by molar-refractivity contribution is 6.31. The minimum Gasteiger partial charge on any atom is -0.316 e. The van der Waals surface area contributed by atoms with Crippen LogP contribution in [-0.2, 0) is 13.5 Å². The van der Waals surface area contributed by atoms with Crippen molar-refractivity contribution in [3.8, 4) is 0 Å². The minimum absolute atomic E-state index is 0.0702. The molecule has 0 bridgehead atoms. The fraction of sp³-hybridized carbons (Fsp3) is 0.727. The Kier molecular flexibility index (Phi) is 5.20. The SMILES string of the molecule is CNC(Cc1c(Cl)c(C)nn1C)C(C(F)(F)F)C(F)(F)F. The zero-order chi connectivity index (χ0) is 16.6. The van der Waals surface area contributed by atoms with E-state index in [0.29, 0.717) is 5.69 Å². The van der Waals surface area contributed by atoms with Crippen LogP contribution in [0.25, 0.3) is 0 Å². The molecule has 122 valence electrons. The lowest BCUT2D eigenvalue weighted by molar-refractivity contribution is -0.291. The molecule has 0 fully saturated rings. The van der Waals surface area contributed by atoms with Crippen molar-refractivity contribution in [3.05, 3.63) is 16.4 Å². The van der Waals surface area contributed by atoms with E-state index in [9.17, 15) is 26.3 Å². The lowest BCUT2D eigenvalue weighted by Gasteiger charge is -2.30. The second-order valence-corrected chi connectivity index (χ2v) is 5.01. The fourth-order valence-electron chi connectivity index (χ4n) is 2.14. The molecule has 1 atom stereocenters. The van der Waals surface area contributed by atoms with Crippen molar-refractivity contribution < 1.29 is 26.3 Å². The molecule has 0 radical (unpaired) electrons. The molecule has 0 aromatic carbocycles. The van der Waals surface area contributed by atoms with Crippen molar-refractivity contribution in [2.75, 3.05) is 7.05 Å². The molecule has 0 aliphatic heterocycles. The molecule has 0 spiro atoms. The number of nitrogens with one attached hydrogen (secondary N) is 1. The third kappa shape index (κ3) is 4.03. The van der Waals surface area contributed by atoms with Gasteiger partial charge in [0.05, 0.1) is 16.4 Å². The number of halogens is 7. The molecule has 0 saturated heterocycles. The molecule has 1 unspecified atom stereocenters. The van der Waals surface area contributed by atoms with Crippen LogP contribution in [0, 0.1) is 12.8 Å². The topological polar surface area (TPSA) is 29.9 Å². The van der Waals surface area contributed by atoms with Crippen LogP contribution >= 0.6 is 11.6 Å². The molecule has 1 N–H and O–H groups in total. The van der Waals surface area contributed by atoms with E-state index in [-0.39, 0.29) is 10.7 Å². The molecule has 21 heavy (non-hydrogen) atoms. The van der Waals surface area contributed by atoms with E-state index in [0.717, 1.165) is 7.05 Å². The third-order valence-electron chi connectivity index (χ3n) is 3.15. The van der Waals surface area contributed by atoms with Gasteiger partial charge in [-0.1, -0.05) is 11.6 Å². The Labute approximate surface area is 122 Å². The Hall–Kier alpha value is -0.960. The van der Waals surface area contributed by atoms with Crippen LogP contribution in [0.5, 0.6) is 0 Å². The van der Waals surface area contributed by atoms with E-state index in [2.05, 4.69) is 10.4 Å². The summed E-state index contributed by atoms with van der Waals surface area (Å²) in [4.78, 5) is 0. The maximum absolute atomic E-state index is 12.7. The van der Waals surface area contributed by atoms with Gasteiger partial charge >= 0.3 is 12.4 Å². The van der Waals surface area contributed by atoms with Crippen LogP contribution < -0.4 is 5.32 Å². The number of rotatable bonds is 4. The molecule has 10 heteroatoms. The summed E-state index contributed by atoms with van der Waals surface area (Å²) in [7, 11) is 2.46. The highest BCUT2D eigenvalue weighted by atomic mass is 35.5. The molecular formula is C11H14ClF6N3. The fourth-order valence-corrected chi connectivity index (χ4v) is 2.38. The van der Waals surface area contributed by atoms with Gasteiger partial charge in [-0.3, -0.25) is 4.68 Å². The average Bonchev–Trinajstić information content (AvgIpc) is 2.51. The van der Waals surface area contributed by atoms with Gasteiger partial charge in [0.15, 0.2) is 5.92 Å². The number of likely N-dealkylation sites (N-methyl/N-ethyl adjacent to an activating group) is 1. The molecule has 0 aliphatic carbocycles. The molecule has 1 rings (SSSR count). The normalized spacial score (nSPS) is 14.8. The zero-order valence-electron chi connectivity index (χ0n) is 11.4. The molecule has 0 amide bonds. The summed E-state index contributed by atoms with van der Waals surface area (Å²) in [5.74, 6) is -3.48. The minimum atomic E-state index is -5.41. The maximum atomic E-state index is 12.7. The molecule has 1 heterocycles. The summed E-state index contributed by atoms with van der Waals surface area (Å²) < 4.78 is 77.7. The van der Waals surface area contributed by atoms with Gasteiger partial charge in [-0.25, -0.2) is 0 Å². The first-order chi connectivity index (χ1) is 9.39. The Bertz CT molecular complexity index is 479. The first kappa shape index (κ1) is 18.1. The summed E-state index contributed by atoms with van der Waals surface area (Å²) in [5, 5.41) is 6.03. The first-order valence-electron chi connectivity index (χ1n) is 5.88. The predicted octanol–water partition coefficient (Wildman–Crippen LogP) is 3.25. The van der Waals surface area contributed by atoms with Gasteiger partial charge in [-0.05, 0) is 14.0 Å². The molecule has 0 saturated carbocycles. The number of aryl methyl sites for hydroxylation is 2. The predicted molar refractivity (Wildman–Crippen MR) is 65.1 cm³/mol. The van der Waals surface area contributed by atoms with Gasteiger partial charge in [-0.15, -0.1) is 0 Å². The van der Waals surface area contributed by atoms with Crippen LogP contribution in [0.3, 0.4) is 0 Å². The summed E-state index contributed by atoms with van der Waals surface area (Å²) in [6, 6.07) is -1.89. The second-order valence-electron chi connectivity index (χ2n) is 4.63. The highest BCUT2D eigenvalue weighted by Crippen LogP contribution is 2.42.